The molecule has 1 fully saturated rings. The van der Waals surface area contributed by atoms with Crippen LogP contribution in [0.2, 0.25) is 5.02 Å². The van der Waals surface area contributed by atoms with E-state index in [0.29, 0.717) is 28.0 Å². The van der Waals surface area contributed by atoms with Crippen molar-refractivity contribution in [3.8, 4) is 17.2 Å². The minimum atomic E-state index is -4.10. The van der Waals surface area contributed by atoms with Gasteiger partial charge in [0.25, 0.3) is 0 Å². The summed E-state index contributed by atoms with van der Waals surface area (Å²) in [6.45, 7) is 1.50. The smallest absolute Gasteiger partial charge is 0.243 e. The number of anilines is 1. The topological polar surface area (TPSA) is 140 Å². The van der Waals surface area contributed by atoms with E-state index in [0.717, 1.165) is 19.3 Å². The van der Waals surface area contributed by atoms with Gasteiger partial charge in [0, 0.05) is 32.5 Å². The molecule has 1 aliphatic rings. The largest absolute Gasteiger partial charge is 0.494 e. The Hall–Kier alpha value is -3.00. The summed E-state index contributed by atoms with van der Waals surface area (Å²) in [5.74, 6) is 1.64. The molecular formula is C24H31ClN6O6S. The first-order chi connectivity index (χ1) is 18.2. The minimum Gasteiger partial charge on any atom is -0.494 e. The maximum Gasteiger partial charge on any atom is 0.243 e. The number of nitrogens with one attached hydrogen (secondary N) is 1. The summed E-state index contributed by atoms with van der Waals surface area (Å²) in [5.41, 5.74) is 0.480. The fourth-order valence-electron chi connectivity index (χ4n) is 4.65. The monoisotopic (exact) mass is 566 g/mol. The number of halogens is 1. The molecule has 1 aromatic carbocycles. The molecular weight excluding hydrogens is 536 g/mol. The van der Waals surface area contributed by atoms with E-state index in [1.807, 2.05) is 0 Å². The van der Waals surface area contributed by atoms with Gasteiger partial charge in [-0.3, -0.25) is 9.29 Å². The first-order valence-corrected chi connectivity index (χ1v) is 13.9. The fraction of sp³-hybridized carbons (Fsp3) is 0.500. The van der Waals surface area contributed by atoms with Gasteiger partial charge >= 0.3 is 0 Å². The minimum absolute atomic E-state index is 0.0117. The first kappa shape index (κ1) is 28.0. The first-order valence-electron chi connectivity index (χ1n) is 11.9. The van der Waals surface area contributed by atoms with Crippen LogP contribution < -0.4 is 14.2 Å². The second kappa shape index (κ2) is 11.8. The molecule has 0 aliphatic heterocycles. The third-order valence-corrected chi connectivity index (χ3v) is 8.58. The van der Waals surface area contributed by atoms with Gasteiger partial charge in [0.2, 0.25) is 16.0 Å². The van der Waals surface area contributed by atoms with E-state index < -0.39 is 21.4 Å². The van der Waals surface area contributed by atoms with Gasteiger partial charge in [-0.2, -0.15) is 0 Å². The Kier molecular flexibility index (Phi) is 8.71. The number of hydrogen-bond acceptors (Lipinski definition) is 10. The van der Waals surface area contributed by atoms with E-state index in [2.05, 4.69) is 24.9 Å². The van der Waals surface area contributed by atoms with Crippen molar-refractivity contribution in [2.24, 2.45) is 0 Å². The molecule has 4 atom stereocenters. The van der Waals surface area contributed by atoms with Gasteiger partial charge < -0.3 is 18.9 Å². The Labute approximate surface area is 226 Å². The van der Waals surface area contributed by atoms with Crippen molar-refractivity contribution in [1.29, 1.82) is 0 Å². The van der Waals surface area contributed by atoms with Crippen LogP contribution in [0.15, 0.2) is 30.6 Å². The standard InChI is InChI=1S/C24H31ClN6O6S/c1-14(21(37-5)22-26-12-16(25)13-27-22)38(32,33)30-24-29-28-23(15-9-10-17(11-15)34-2)31(24)20-18(35-3)7-6-8-19(20)36-4/h6-8,12-15,17,21H,9-11H2,1-5H3,(H,29,30)/t14?,15-,17-,21?/m0/s1. The van der Waals surface area contributed by atoms with E-state index in [1.54, 1.807) is 29.9 Å². The van der Waals surface area contributed by atoms with E-state index >= 15 is 0 Å². The number of rotatable bonds is 11. The van der Waals surface area contributed by atoms with Crippen molar-refractivity contribution < 1.29 is 27.4 Å². The molecule has 0 saturated heterocycles. The van der Waals surface area contributed by atoms with Crippen LogP contribution in [0.1, 0.15) is 49.9 Å². The summed E-state index contributed by atoms with van der Waals surface area (Å²) in [6, 6.07) is 5.30. The molecule has 206 valence electrons. The predicted molar refractivity (Wildman–Crippen MR) is 141 cm³/mol. The number of ether oxygens (including phenoxy) is 4. The van der Waals surface area contributed by atoms with Crippen LogP contribution in [0.4, 0.5) is 5.95 Å². The molecule has 0 amide bonds. The van der Waals surface area contributed by atoms with Crippen molar-refractivity contribution in [2.45, 2.75) is 49.6 Å². The number of methoxy groups -OCH3 is 4. The molecule has 2 aromatic heterocycles. The molecule has 2 heterocycles. The normalized spacial score (nSPS) is 19.2. The average Bonchev–Trinajstić information content (AvgIpc) is 3.56. The molecule has 1 aliphatic carbocycles. The summed E-state index contributed by atoms with van der Waals surface area (Å²) in [6.07, 6.45) is 4.24. The van der Waals surface area contributed by atoms with Crippen LogP contribution in [-0.4, -0.2) is 72.9 Å². The molecule has 2 unspecified atom stereocenters. The van der Waals surface area contributed by atoms with Crippen LogP contribution in [0.5, 0.6) is 11.5 Å². The third kappa shape index (κ3) is 5.55. The van der Waals surface area contributed by atoms with Crippen LogP contribution >= 0.6 is 11.6 Å². The number of nitrogens with zero attached hydrogens (tertiary/aromatic N) is 5. The maximum atomic E-state index is 13.6. The lowest BCUT2D eigenvalue weighted by Crippen LogP contribution is -2.33. The van der Waals surface area contributed by atoms with Crippen LogP contribution in [0, 0.1) is 0 Å². The summed E-state index contributed by atoms with van der Waals surface area (Å²) >= 11 is 5.89. The maximum absolute atomic E-state index is 13.6. The predicted octanol–water partition coefficient (Wildman–Crippen LogP) is 3.53. The summed E-state index contributed by atoms with van der Waals surface area (Å²) < 4.78 is 53.8. The lowest BCUT2D eigenvalue weighted by molar-refractivity contribution is 0.0950. The highest BCUT2D eigenvalue weighted by Crippen LogP contribution is 2.41. The number of sulfonamides is 1. The van der Waals surface area contributed by atoms with Gasteiger partial charge in [0.15, 0.2) is 5.82 Å². The Morgan fingerprint density at radius 3 is 2.26 bits per heavy atom. The Bertz CT molecular complexity index is 1330. The zero-order chi connectivity index (χ0) is 27.4. The van der Waals surface area contributed by atoms with E-state index in [1.165, 1.54) is 40.6 Å². The number of aromatic nitrogens is 5. The lowest BCUT2D eigenvalue weighted by Gasteiger charge is -2.23. The molecule has 0 spiro atoms. The lowest BCUT2D eigenvalue weighted by atomic mass is 10.1. The second-order valence-electron chi connectivity index (χ2n) is 8.86. The average molecular weight is 567 g/mol. The molecule has 0 radical (unpaired) electrons. The van der Waals surface area contributed by atoms with Crippen molar-refractivity contribution >= 4 is 27.6 Å². The van der Waals surface area contributed by atoms with Crippen LogP contribution in [0.25, 0.3) is 5.69 Å². The van der Waals surface area contributed by atoms with Gasteiger partial charge in [-0.25, -0.2) is 18.4 Å². The van der Waals surface area contributed by atoms with Gasteiger partial charge in [0.1, 0.15) is 34.4 Å². The highest BCUT2D eigenvalue weighted by molar-refractivity contribution is 7.93. The van der Waals surface area contributed by atoms with E-state index in [9.17, 15) is 8.42 Å². The third-order valence-electron chi connectivity index (χ3n) is 6.69. The summed E-state index contributed by atoms with van der Waals surface area (Å²) in [4.78, 5) is 8.27. The van der Waals surface area contributed by atoms with E-state index in [4.69, 9.17) is 30.5 Å². The Morgan fingerprint density at radius 2 is 1.71 bits per heavy atom. The fourth-order valence-corrected chi connectivity index (χ4v) is 5.88. The van der Waals surface area contributed by atoms with Crippen molar-refractivity contribution in [3.63, 3.8) is 0 Å². The van der Waals surface area contributed by atoms with Crippen molar-refractivity contribution in [2.75, 3.05) is 33.2 Å². The highest BCUT2D eigenvalue weighted by Gasteiger charge is 2.37. The molecule has 4 rings (SSSR count). The number of para-hydroxylation sites is 1. The molecule has 0 bridgehead atoms. The van der Waals surface area contributed by atoms with Gasteiger partial charge in [-0.05, 0) is 38.3 Å². The summed E-state index contributed by atoms with van der Waals surface area (Å²) in [5, 5.41) is 7.90. The number of benzene rings is 1. The van der Waals surface area contributed by atoms with Crippen LogP contribution in [-0.2, 0) is 19.5 Å². The van der Waals surface area contributed by atoms with Crippen molar-refractivity contribution in [3.05, 3.63) is 47.3 Å². The number of hydrogen-bond donors (Lipinski definition) is 1. The SMILES string of the molecule is COc1cccc(OC)c1-n1c(NS(=O)(=O)C(C)C(OC)c2ncc(Cl)cn2)nnc1[C@H]1CC[C@H](OC)C1. The summed E-state index contributed by atoms with van der Waals surface area (Å²) in [7, 11) is 2.03. The van der Waals surface area contributed by atoms with Crippen molar-refractivity contribution in [1.82, 2.24) is 24.7 Å². The van der Waals surface area contributed by atoms with E-state index in [-0.39, 0.29) is 23.8 Å². The van der Waals surface area contributed by atoms with Gasteiger partial charge in [-0.1, -0.05) is 17.7 Å². The molecule has 1 N–H and O–H groups in total. The highest BCUT2D eigenvalue weighted by atomic mass is 35.5. The molecule has 12 nitrogen and oxygen atoms in total. The van der Waals surface area contributed by atoms with Crippen LogP contribution in [0.3, 0.4) is 0 Å². The molecule has 1 saturated carbocycles. The molecule has 3 aromatic rings. The Balaban J connectivity index is 1.78. The zero-order valence-electron chi connectivity index (χ0n) is 21.8. The molecule has 38 heavy (non-hydrogen) atoms. The Morgan fingerprint density at radius 1 is 1.05 bits per heavy atom. The molecule has 14 heteroatoms. The quantitative estimate of drug-likeness (QED) is 0.366. The zero-order valence-corrected chi connectivity index (χ0v) is 23.4. The van der Waals surface area contributed by atoms with Gasteiger partial charge in [-0.15, -0.1) is 10.2 Å². The second-order valence-corrected chi connectivity index (χ2v) is 11.3. The van der Waals surface area contributed by atoms with Gasteiger partial charge in [0.05, 0.1) is 25.3 Å².